The number of anilines is 1. The summed E-state index contributed by atoms with van der Waals surface area (Å²) in [5.41, 5.74) is 1.14. The van der Waals surface area contributed by atoms with Crippen LogP contribution in [0.2, 0.25) is 5.28 Å². The fourth-order valence-corrected chi connectivity index (χ4v) is 3.99. The second kappa shape index (κ2) is 8.67. The Balaban J connectivity index is 1.92. The molecule has 1 aliphatic heterocycles. The topological polar surface area (TPSA) is 47.3 Å². The third kappa shape index (κ3) is 4.30. The minimum Gasteiger partial charge on any atom is -0.363 e. The molecule has 2 aromatic rings. The third-order valence-corrected chi connectivity index (χ3v) is 5.12. The van der Waals surface area contributed by atoms with Crippen molar-refractivity contribution in [2.75, 3.05) is 33.5 Å². The Morgan fingerprint density at radius 3 is 2.47 bits per heavy atom. The van der Waals surface area contributed by atoms with Crippen LogP contribution in [0, 0.1) is 5.82 Å². The first-order valence-corrected chi connectivity index (χ1v) is 9.82. The zero-order valence-corrected chi connectivity index (χ0v) is 18.3. The predicted octanol–water partition coefficient (Wildman–Crippen LogP) is 3.89. The van der Waals surface area contributed by atoms with Crippen LogP contribution in [0.25, 0.3) is 0 Å². The van der Waals surface area contributed by atoms with Gasteiger partial charge in [-0.15, -0.1) is 0 Å². The summed E-state index contributed by atoms with van der Waals surface area (Å²) in [6.45, 7) is 2.77. The summed E-state index contributed by atoms with van der Waals surface area (Å²) in [6, 6.07) is 3.40. The number of nitrogens with zero attached hydrogens (tertiary/aromatic N) is 5. The lowest BCUT2D eigenvalue weighted by molar-refractivity contribution is -0.476. The molecule has 0 saturated heterocycles. The van der Waals surface area contributed by atoms with Gasteiger partial charge < -0.3 is 5.32 Å². The molecule has 0 fully saturated rings. The van der Waals surface area contributed by atoms with Crippen LogP contribution in [-0.4, -0.2) is 58.5 Å². The molecule has 6 nitrogen and oxygen atoms in total. The number of aromatic nitrogens is 2. The van der Waals surface area contributed by atoms with Crippen molar-refractivity contribution >= 4 is 23.4 Å². The molecular weight excluding hydrogens is 417 g/mol. The van der Waals surface area contributed by atoms with Crippen molar-refractivity contribution in [3.8, 4) is 0 Å². The van der Waals surface area contributed by atoms with Gasteiger partial charge in [0.05, 0.1) is 57.6 Å². The number of hydrogen-bond acceptors (Lipinski definition) is 3. The van der Waals surface area contributed by atoms with E-state index in [-0.39, 0.29) is 10.8 Å². The first-order chi connectivity index (χ1) is 14.1. The molecule has 162 valence electrons. The fourth-order valence-electron chi connectivity index (χ4n) is 3.81. The highest BCUT2D eigenvalue weighted by molar-refractivity contribution is 6.28. The van der Waals surface area contributed by atoms with Gasteiger partial charge in [-0.3, -0.25) is 14.4 Å². The van der Waals surface area contributed by atoms with Crippen LogP contribution in [0.1, 0.15) is 41.8 Å². The van der Waals surface area contributed by atoms with Crippen LogP contribution < -0.4 is 5.32 Å². The summed E-state index contributed by atoms with van der Waals surface area (Å²) in [4.78, 5) is 12.8. The first-order valence-electron chi connectivity index (χ1n) is 9.45. The van der Waals surface area contributed by atoms with E-state index in [4.69, 9.17) is 11.6 Å². The van der Waals surface area contributed by atoms with Gasteiger partial charge >= 0.3 is 5.96 Å². The number of fused-ring (bicyclic) bond motifs is 1. The molecule has 0 amide bonds. The van der Waals surface area contributed by atoms with Crippen molar-refractivity contribution in [1.82, 2.24) is 19.8 Å². The highest BCUT2D eigenvalue weighted by Gasteiger charge is 2.34. The van der Waals surface area contributed by atoms with Gasteiger partial charge in [0.25, 0.3) is 6.43 Å². The van der Waals surface area contributed by atoms with Gasteiger partial charge in [-0.2, -0.15) is 0 Å². The zero-order chi connectivity index (χ0) is 22.2. The van der Waals surface area contributed by atoms with Gasteiger partial charge in [-0.05, 0) is 18.5 Å². The van der Waals surface area contributed by atoms with Crippen LogP contribution >= 0.6 is 11.6 Å². The molecule has 1 N–H and O–H groups in total. The summed E-state index contributed by atoms with van der Waals surface area (Å²) in [6.07, 6.45) is -2.88. The maximum absolute atomic E-state index is 14.6. The number of benzene rings is 1. The van der Waals surface area contributed by atoms with Crippen LogP contribution in [-0.2, 0) is 13.1 Å². The van der Waals surface area contributed by atoms with Crippen molar-refractivity contribution in [2.45, 2.75) is 32.5 Å². The molecule has 0 spiro atoms. The summed E-state index contributed by atoms with van der Waals surface area (Å²) in [7, 11) is 7.82. The Hall–Kier alpha value is -2.55. The average molecular weight is 442 g/mol. The monoisotopic (exact) mass is 441 g/mol. The van der Waals surface area contributed by atoms with E-state index < -0.39 is 23.8 Å². The maximum Gasteiger partial charge on any atom is 0.350 e. The summed E-state index contributed by atoms with van der Waals surface area (Å²) < 4.78 is 42.7. The van der Waals surface area contributed by atoms with E-state index >= 15 is 0 Å². The first kappa shape index (κ1) is 22.1. The van der Waals surface area contributed by atoms with Crippen LogP contribution in [0.4, 0.5) is 19.0 Å². The second-order valence-electron chi connectivity index (χ2n) is 7.63. The molecule has 1 aromatic carbocycles. The molecule has 1 aromatic heterocycles. The van der Waals surface area contributed by atoms with E-state index in [1.54, 1.807) is 6.92 Å². The number of guanidine groups is 1. The number of rotatable bonds is 4. The van der Waals surface area contributed by atoms with Crippen molar-refractivity contribution in [2.24, 2.45) is 0 Å². The minimum absolute atomic E-state index is 0.0726. The summed E-state index contributed by atoms with van der Waals surface area (Å²) in [5.74, 6) is 0.541. The standard InChI is InChI=1S/C20H25ClF3N6/c1-11(12-7-6-8-13(16(12)22)17(23)24)25-18-14-9-30(20(28(2)3)29(4)5)10-15(14)26-19(21)27-18/h6-8,11,17H,9-10H2,1-5H3,(H,25,26,27)/q+1/t11-/m1/s1. The second-order valence-corrected chi connectivity index (χ2v) is 7.97. The highest BCUT2D eigenvalue weighted by atomic mass is 35.5. The summed E-state index contributed by atoms with van der Waals surface area (Å²) >= 11 is 6.13. The van der Waals surface area contributed by atoms with Gasteiger partial charge in [0.2, 0.25) is 5.28 Å². The number of hydrogen-bond donors (Lipinski definition) is 1. The van der Waals surface area contributed by atoms with E-state index in [2.05, 4.69) is 20.2 Å². The van der Waals surface area contributed by atoms with Gasteiger partial charge in [0, 0.05) is 5.56 Å². The van der Waals surface area contributed by atoms with E-state index in [9.17, 15) is 13.2 Å². The van der Waals surface area contributed by atoms with Gasteiger partial charge in [-0.1, -0.05) is 18.2 Å². The van der Waals surface area contributed by atoms with Crippen LogP contribution in [0.5, 0.6) is 0 Å². The van der Waals surface area contributed by atoms with Crippen LogP contribution in [0.15, 0.2) is 18.2 Å². The maximum atomic E-state index is 14.6. The number of alkyl halides is 2. The molecule has 0 aliphatic carbocycles. The SMILES string of the molecule is C[C@@H](Nc1nc(Cl)nc2c1CN(C(N(C)C)=[N+](C)C)C2)c1cccc(C(F)F)c1F. The molecule has 0 saturated carbocycles. The van der Waals surface area contributed by atoms with Crippen molar-refractivity contribution < 1.29 is 17.7 Å². The normalized spacial score (nSPS) is 14.0. The van der Waals surface area contributed by atoms with Gasteiger partial charge in [0.1, 0.15) is 18.2 Å². The smallest absolute Gasteiger partial charge is 0.350 e. The van der Waals surface area contributed by atoms with Crippen LogP contribution in [0.3, 0.4) is 0 Å². The fraction of sp³-hybridized carbons (Fsp3) is 0.450. The molecule has 0 radical (unpaired) electrons. The molecule has 0 unspecified atom stereocenters. The van der Waals surface area contributed by atoms with E-state index in [0.29, 0.717) is 18.9 Å². The molecule has 1 atom stereocenters. The van der Waals surface area contributed by atoms with E-state index in [0.717, 1.165) is 23.3 Å². The molecule has 2 heterocycles. The molecule has 30 heavy (non-hydrogen) atoms. The Kier molecular flexibility index (Phi) is 6.40. The largest absolute Gasteiger partial charge is 0.363 e. The minimum atomic E-state index is -2.88. The number of halogens is 4. The molecule has 10 heteroatoms. The average Bonchev–Trinajstić information content (AvgIpc) is 3.03. The summed E-state index contributed by atoms with van der Waals surface area (Å²) in [5, 5.41) is 3.21. The zero-order valence-electron chi connectivity index (χ0n) is 17.5. The molecule has 0 bridgehead atoms. The quantitative estimate of drug-likeness (QED) is 0.337. The van der Waals surface area contributed by atoms with Gasteiger partial charge in [0.15, 0.2) is 0 Å². The highest BCUT2D eigenvalue weighted by Crippen LogP contribution is 2.33. The lowest BCUT2D eigenvalue weighted by atomic mass is 10.0. The Labute approximate surface area is 179 Å². The van der Waals surface area contributed by atoms with E-state index in [1.807, 2.05) is 37.7 Å². The lowest BCUT2D eigenvalue weighted by Crippen LogP contribution is -2.42. The predicted molar refractivity (Wildman–Crippen MR) is 110 cm³/mol. The van der Waals surface area contributed by atoms with Crippen molar-refractivity contribution in [3.05, 3.63) is 51.7 Å². The van der Waals surface area contributed by atoms with Crippen molar-refractivity contribution in [3.63, 3.8) is 0 Å². The van der Waals surface area contributed by atoms with Gasteiger partial charge in [-0.25, -0.2) is 23.1 Å². The Morgan fingerprint density at radius 1 is 1.20 bits per heavy atom. The molecule has 1 aliphatic rings. The lowest BCUT2D eigenvalue weighted by Gasteiger charge is -2.20. The van der Waals surface area contributed by atoms with Crippen molar-refractivity contribution in [1.29, 1.82) is 0 Å². The number of nitrogens with one attached hydrogen (secondary N) is 1. The Bertz CT molecular complexity index is 975. The Morgan fingerprint density at radius 2 is 1.87 bits per heavy atom. The van der Waals surface area contributed by atoms with E-state index in [1.165, 1.54) is 12.1 Å². The molecule has 3 rings (SSSR count). The third-order valence-electron chi connectivity index (χ3n) is 4.95. The molecular formula is C20H25ClF3N6+.